The van der Waals surface area contributed by atoms with Crippen LogP contribution in [0.1, 0.15) is 37.7 Å². The van der Waals surface area contributed by atoms with E-state index in [0.717, 1.165) is 22.4 Å². The smallest absolute Gasteiger partial charge is 0.271 e. The Morgan fingerprint density at radius 2 is 2.04 bits per heavy atom. The molecule has 0 unspecified atom stereocenters. The van der Waals surface area contributed by atoms with Crippen molar-refractivity contribution >= 4 is 11.8 Å². The fourth-order valence-corrected chi connectivity index (χ4v) is 3.13. The number of carbonyl (C=O) groups is 2. The number of nitrogens with zero attached hydrogens (tertiary/aromatic N) is 3. The van der Waals surface area contributed by atoms with Crippen LogP contribution in [0.25, 0.3) is 0 Å². The van der Waals surface area contributed by atoms with Gasteiger partial charge in [0, 0.05) is 25.8 Å². The number of rotatable bonds is 5. The van der Waals surface area contributed by atoms with Crippen LogP contribution in [0, 0.1) is 13.8 Å². The molecule has 138 valence electrons. The molecule has 0 radical (unpaired) electrons. The molecule has 2 heterocycles. The van der Waals surface area contributed by atoms with Crippen LogP contribution in [-0.4, -0.2) is 53.3 Å². The third-order valence-corrected chi connectivity index (χ3v) is 4.52. The summed E-state index contributed by atoms with van der Waals surface area (Å²) in [6.07, 6.45) is 0. The summed E-state index contributed by atoms with van der Waals surface area (Å²) >= 11 is 0. The molecule has 3 rings (SSSR count). The van der Waals surface area contributed by atoms with Crippen LogP contribution < -0.4 is 5.32 Å². The lowest BCUT2D eigenvalue weighted by atomic mass is 10.0. The molecule has 1 N–H and O–H groups in total. The minimum atomic E-state index is -0.226. The second kappa shape index (κ2) is 7.70. The van der Waals surface area contributed by atoms with Gasteiger partial charge in [-0.2, -0.15) is 5.10 Å². The normalized spacial score (nSPS) is 13.4. The first kappa shape index (κ1) is 18.1. The van der Waals surface area contributed by atoms with Crippen molar-refractivity contribution in [1.29, 1.82) is 0 Å². The first-order chi connectivity index (χ1) is 12.5. The topological polar surface area (TPSA) is 76.5 Å². The summed E-state index contributed by atoms with van der Waals surface area (Å²) < 4.78 is 6.73. The fourth-order valence-electron chi connectivity index (χ4n) is 3.13. The molecule has 0 spiro atoms. The predicted molar refractivity (Wildman–Crippen MR) is 97.1 cm³/mol. The molecule has 0 aliphatic carbocycles. The lowest BCUT2D eigenvalue weighted by Gasteiger charge is -2.28. The fraction of sp³-hybridized carbons (Fsp3) is 0.421. The zero-order valence-corrected chi connectivity index (χ0v) is 15.4. The van der Waals surface area contributed by atoms with Crippen molar-refractivity contribution in [3.8, 4) is 0 Å². The number of aromatic nitrogens is 2. The summed E-state index contributed by atoms with van der Waals surface area (Å²) in [7, 11) is 1.59. The third-order valence-electron chi connectivity index (χ3n) is 4.52. The third kappa shape index (κ3) is 3.77. The first-order valence-electron chi connectivity index (χ1n) is 8.70. The summed E-state index contributed by atoms with van der Waals surface area (Å²) in [5.41, 5.74) is 4.08. The molecule has 7 nitrogen and oxygen atoms in total. The van der Waals surface area contributed by atoms with Gasteiger partial charge in [-0.15, -0.1) is 0 Å². The van der Waals surface area contributed by atoms with Gasteiger partial charge >= 0.3 is 0 Å². The Morgan fingerprint density at radius 1 is 1.23 bits per heavy atom. The van der Waals surface area contributed by atoms with Gasteiger partial charge in [0.15, 0.2) is 5.69 Å². The maximum atomic E-state index is 12.9. The van der Waals surface area contributed by atoms with E-state index in [9.17, 15) is 9.59 Å². The minimum absolute atomic E-state index is 0.0149. The van der Waals surface area contributed by atoms with Gasteiger partial charge in [-0.3, -0.25) is 14.3 Å². The highest BCUT2D eigenvalue weighted by atomic mass is 16.5. The van der Waals surface area contributed by atoms with Crippen LogP contribution in [0.2, 0.25) is 0 Å². The van der Waals surface area contributed by atoms with Gasteiger partial charge in [-0.1, -0.05) is 17.7 Å². The maximum Gasteiger partial charge on any atom is 0.271 e. The molecule has 0 fully saturated rings. The number of carbonyl (C=O) groups excluding carboxylic acids is 2. The van der Waals surface area contributed by atoms with Gasteiger partial charge in [-0.05, 0) is 31.5 Å². The van der Waals surface area contributed by atoms with Gasteiger partial charge < -0.3 is 15.0 Å². The number of aryl methyl sites for hydroxylation is 2. The molecule has 0 atom stereocenters. The largest absolute Gasteiger partial charge is 0.383 e. The van der Waals surface area contributed by atoms with Crippen molar-refractivity contribution in [2.75, 3.05) is 26.8 Å². The summed E-state index contributed by atoms with van der Waals surface area (Å²) in [6, 6.07) is 7.61. The molecule has 2 aromatic rings. The van der Waals surface area contributed by atoms with Gasteiger partial charge in [-0.25, -0.2) is 0 Å². The minimum Gasteiger partial charge on any atom is -0.383 e. The summed E-state index contributed by atoms with van der Waals surface area (Å²) in [4.78, 5) is 26.8. The first-order valence-corrected chi connectivity index (χ1v) is 8.70. The van der Waals surface area contributed by atoms with E-state index in [0.29, 0.717) is 38.5 Å². The van der Waals surface area contributed by atoms with E-state index >= 15 is 0 Å². The average molecular weight is 356 g/mol. The van der Waals surface area contributed by atoms with Crippen molar-refractivity contribution < 1.29 is 14.3 Å². The Hall–Kier alpha value is -2.67. The lowest BCUT2D eigenvalue weighted by Crippen LogP contribution is -2.38. The summed E-state index contributed by atoms with van der Waals surface area (Å²) in [5, 5.41) is 7.11. The molecule has 2 amide bonds. The van der Waals surface area contributed by atoms with Crippen molar-refractivity contribution in [1.82, 2.24) is 20.0 Å². The van der Waals surface area contributed by atoms with Crippen molar-refractivity contribution in [3.05, 3.63) is 52.3 Å². The number of methoxy groups -OCH3 is 1. The number of hydrogen-bond acceptors (Lipinski definition) is 4. The number of hydrogen-bond donors (Lipinski definition) is 1. The number of fused-ring (bicyclic) bond motifs is 1. The monoisotopic (exact) mass is 356 g/mol. The predicted octanol–water partition coefficient (Wildman–Crippen LogP) is 1.53. The van der Waals surface area contributed by atoms with Gasteiger partial charge in [0.2, 0.25) is 0 Å². The van der Waals surface area contributed by atoms with Crippen LogP contribution in [0.15, 0.2) is 24.3 Å². The van der Waals surface area contributed by atoms with E-state index in [1.54, 1.807) is 22.8 Å². The van der Waals surface area contributed by atoms with E-state index in [1.807, 2.05) is 32.0 Å². The molecule has 1 aromatic heterocycles. The molecule has 1 aliphatic rings. The molecule has 1 aromatic carbocycles. The van der Waals surface area contributed by atoms with Gasteiger partial charge in [0.1, 0.15) is 0 Å². The molecule has 0 saturated carbocycles. The molecule has 1 aliphatic heterocycles. The van der Waals surface area contributed by atoms with Gasteiger partial charge in [0.05, 0.1) is 25.4 Å². The Bertz CT molecular complexity index is 828. The highest BCUT2D eigenvalue weighted by Gasteiger charge is 2.25. The molecule has 7 heteroatoms. The zero-order valence-electron chi connectivity index (χ0n) is 15.4. The Balaban J connectivity index is 1.71. The van der Waals surface area contributed by atoms with Crippen LogP contribution in [-0.2, 0) is 17.8 Å². The van der Waals surface area contributed by atoms with E-state index in [4.69, 9.17) is 4.74 Å². The summed E-state index contributed by atoms with van der Waals surface area (Å²) in [6.45, 7) is 6.47. The molecule has 26 heavy (non-hydrogen) atoms. The van der Waals surface area contributed by atoms with Crippen LogP contribution >= 0.6 is 0 Å². The maximum absolute atomic E-state index is 12.9. The number of ether oxygens (including phenoxy) is 1. The Labute approximate surface area is 152 Å². The second-order valence-corrected chi connectivity index (χ2v) is 6.54. The second-order valence-electron chi connectivity index (χ2n) is 6.54. The van der Waals surface area contributed by atoms with E-state index < -0.39 is 0 Å². The van der Waals surface area contributed by atoms with Crippen molar-refractivity contribution in [3.63, 3.8) is 0 Å². The number of nitrogens with one attached hydrogen (secondary N) is 1. The quantitative estimate of drug-likeness (QED) is 0.825. The zero-order chi connectivity index (χ0) is 18.7. The van der Waals surface area contributed by atoms with E-state index in [2.05, 4.69) is 10.4 Å². The molecular formula is C19H24N4O3. The van der Waals surface area contributed by atoms with Crippen molar-refractivity contribution in [2.24, 2.45) is 0 Å². The van der Waals surface area contributed by atoms with Crippen LogP contribution in [0.3, 0.4) is 0 Å². The van der Waals surface area contributed by atoms with Crippen molar-refractivity contribution in [2.45, 2.75) is 26.9 Å². The number of amides is 2. The van der Waals surface area contributed by atoms with E-state index in [1.165, 1.54) is 0 Å². The van der Waals surface area contributed by atoms with Crippen LogP contribution in [0.4, 0.5) is 0 Å². The highest BCUT2D eigenvalue weighted by molar-refractivity contribution is 5.96. The standard InChI is InChI=1S/C19H24N4O3/c1-13-4-5-16(14(2)10-13)19(25)22-7-8-23-15(12-22)11-17(21-23)18(24)20-6-9-26-3/h4-5,10-11H,6-9,12H2,1-3H3,(H,20,24). The molecule has 0 bridgehead atoms. The average Bonchev–Trinajstić information content (AvgIpc) is 3.04. The SMILES string of the molecule is COCCNC(=O)c1cc2n(n1)CCN(C(=O)c1ccc(C)cc1C)C2. The van der Waals surface area contributed by atoms with Gasteiger partial charge in [0.25, 0.3) is 11.8 Å². The molecular weight excluding hydrogens is 332 g/mol. The highest BCUT2D eigenvalue weighted by Crippen LogP contribution is 2.19. The lowest BCUT2D eigenvalue weighted by molar-refractivity contribution is 0.0704. The van der Waals surface area contributed by atoms with E-state index in [-0.39, 0.29) is 11.8 Å². The summed E-state index contributed by atoms with van der Waals surface area (Å²) in [5.74, 6) is -0.211. The molecule has 0 saturated heterocycles. The number of benzene rings is 1. The Morgan fingerprint density at radius 3 is 2.77 bits per heavy atom. The van der Waals surface area contributed by atoms with Crippen LogP contribution in [0.5, 0.6) is 0 Å². The Kier molecular flexibility index (Phi) is 5.37.